The average Bonchev–Trinajstić information content (AvgIpc) is 2.36. The van der Waals surface area contributed by atoms with Gasteiger partial charge in [-0.25, -0.2) is 0 Å². The maximum atomic E-state index is 9.97. The number of ether oxygens (including phenoxy) is 2. The van der Waals surface area contributed by atoms with Crippen LogP contribution in [0.15, 0.2) is 18.2 Å². The molecule has 0 aromatic heterocycles. The first-order chi connectivity index (χ1) is 7.72. The van der Waals surface area contributed by atoms with Gasteiger partial charge in [-0.05, 0) is 24.1 Å². The van der Waals surface area contributed by atoms with Crippen LogP contribution < -0.4 is 15.2 Å². The van der Waals surface area contributed by atoms with Crippen LogP contribution >= 0.6 is 0 Å². The summed E-state index contributed by atoms with van der Waals surface area (Å²) in [4.78, 5) is 0. The molecule has 4 heteroatoms. The number of aliphatic hydroxyl groups excluding tert-OH is 1. The molecule has 3 N–H and O–H groups in total. The normalized spacial score (nSPS) is 17.9. The van der Waals surface area contributed by atoms with Crippen molar-refractivity contribution >= 4 is 0 Å². The third-order valence-corrected chi connectivity index (χ3v) is 2.78. The van der Waals surface area contributed by atoms with Gasteiger partial charge in [0.15, 0.2) is 11.5 Å². The Bertz CT molecular complexity index is 367. The lowest BCUT2D eigenvalue weighted by molar-refractivity contribution is 0.141. The molecule has 0 amide bonds. The SMILES string of the molecule is CC[C@@H](N)C(O)c1ccc2c(c1)OCCO2. The zero-order valence-electron chi connectivity index (χ0n) is 9.35. The summed E-state index contributed by atoms with van der Waals surface area (Å²) in [6.45, 7) is 3.07. The number of aliphatic hydroxyl groups is 1. The number of rotatable bonds is 3. The van der Waals surface area contributed by atoms with Crippen molar-refractivity contribution in [3.63, 3.8) is 0 Å². The maximum absolute atomic E-state index is 9.97. The minimum Gasteiger partial charge on any atom is -0.486 e. The third kappa shape index (κ3) is 2.13. The number of hydrogen-bond acceptors (Lipinski definition) is 4. The first kappa shape index (κ1) is 11.2. The van der Waals surface area contributed by atoms with Crippen molar-refractivity contribution in [1.82, 2.24) is 0 Å². The largest absolute Gasteiger partial charge is 0.486 e. The van der Waals surface area contributed by atoms with Crippen molar-refractivity contribution in [2.75, 3.05) is 13.2 Å². The summed E-state index contributed by atoms with van der Waals surface area (Å²) in [6.07, 6.45) is 0.0797. The van der Waals surface area contributed by atoms with E-state index in [2.05, 4.69) is 0 Å². The predicted octanol–water partition coefficient (Wildman–Crippen LogP) is 1.23. The van der Waals surface area contributed by atoms with Crippen molar-refractivity contribution in [3.05, 3.63) is 23.8 Å². The molecule has 88 valence electrons. The Labute approximate surface area is 95.0 Å². The van der Waals surface area contributed by atoms with E-state index in [1.807, 2.05) is 19.1 Å². The molecule has 0 saturated heterocycles. The fourth-order valence-electron chi connectivity index (χ4n) is 1.71. The molecular formula is C12H17NO3. The molecule has 1 aliphatic rings. The molecule has 1 heterocycles. The molecule has 1 unspecified atom stereocenters. The first-order valence-corrected chi connectivity index (χ1v) is 5.55. The van der Waals surface area contributed by atoms with E-state index in [0.29, 0.717) is 19.0 Å². The van der Waals surface area contributed by atoms with Crippen LogP contribution in [0.5, 0.6) is 11.5 Å². The standard InChI is InChI=1S/C12H17NO3/c1-2-9(13)12(14)8-3-4-10-11(7-8)16-6-5-15-10/h3-4,7,9,12,14H,2,5-6,13H2,1H3/t9-,12?/m1/s1. The molecule has 1 aromatic rings. The van der Waals surface area contributed by atoms with E-state index in [-0.39, 0.29) is 6.04 Å². The van der Waals surface area contributed by atoms with Gasteiger partial charge in [-0.3, -0.25) is 0 Å². The summed E-state index contributed by atoms with van der Waals surface area (Å²) in [6, 6.07) is 5.19. The molecule has 0 radical (unpaired) electrons. The van der Waals surface area contributed by atoms with Crippen LogP contribution in [0.25, 0.3) is 0 Å². The zero-order valence-corrected chi connectivity index (χ0v) is 9.35. The second kappa shape index (κ2) is 4.72. The summed E-state index contributed by atoms with van der Waals surface area (Å²) in [5.74, 6) is 1.42. The van der Waals surface area contributed by atoms with Gasteiger partial charge in [0.2, 0.25) is 0 Å². The molecule has 0 aliphatic carbocycles. The van der Waals surface area contributed by atoms with E-state index in [1.165, 1.54) is 0 Å². The van der Waals surface area contributed by atoms with E-state index in [0.717, 1.165) is 17.7 Å². The van der Waals surface area contributed by atoms with Gasteiger partial charge in [0, 0.05) is 6.04 Å². The molecule has 0 fully saturated rings. The van der Waals surface area contributed by atoms with Crippen molar-refractivity contribution < 1.29 is 14.6 Å². The fourth-order valence-corrected chi connectivity index (χ4v) is 1.71. The number of fused-ring (bicyclic) bond motifs is 1. The van der Waals surface area contributed by atoms with Crippen molar-refractivity contribution in [1.29, 1.82) is 0 Å². The molecule has 4 nitrogen and oxygen atoms in total. The van der Waals surface area contributed by atoms with Crippen LogP contribution in [0.2, 0.25) is 0 Å². The van der Waals surface area contributed by atoms with Crippen LogP contribution in [0.1, 0.15) is 25.0 Å². The Morgan fingerprint density at radius 2 is 2.00 bits per heavy atom. The van der Waals surface area contributed by atoms with Crippen molar-refractivity contribution in [2.24, 2.45) is 5.73 Å². The van der Waals surface area contributed by atoms with Crippen LogP contribution in [-0.4, -0.2) is 24.4 Å². The monoisotopic (exact) mass is 223 g/mol. The molecule has 0 spiro atoms. The smallest absolute Gasteiger partial charge is 0.161 e. The number of nitrogens with two attached hydrogens (primary N) is 1. The molecule has 2 rings (SSSR count). The molecule has 2 atom stereocenters. The highest BCUT2D eigenvalue weighted by Gasteiger charge is 2.18. The molecule has 0 saturated carbocycles. The van der Waals surface area contributed by atoms with Gasteiger partial charge in [-0.15, -0.1) is 0 Å². The summed E-state index contributed by atoms with van der Waals surface area (Å²) in [7, 11) is 0. The Morgan fingerprint density at radius 3 is 2.69 bits per heavy atom. The van der Waals surface area contributed by atoms with E-state index in [1.54, 1.807) is 6.07 Å². The van der Waals surface area contributed by atoms with E-state index >= 15 is 0 Å². The van der Waals surface area contributed by atoms with Gasteiger partial charge in [-0.2, -0.15) is 0 Å². The van der Waals surface area contributed by atoms with E-state index in [9.17, 15) is 5.11 Å². The van der Waals surface area contributed by atoms with Crippen molar-refractivity contribution in [2.45, 2.75) is 25.5 Å². The van der Waals surface area contributed by atoms with Gasteiger partial charge < -0.3 is 20.3 Å². The molecule has 0 bridgehead atoms. The summed E-state index contributed by atoms with van der Waals surface area (Å²) in [5, 5.41) is 9.97. The van der Waals surface area contributed by atoms with Gasteiger partial charge in [0.25, 0.3) is 0 Å². The lowest BCUT2D eigenvalue weighted by Gasteiger charge is -2.22. The molecule has 1 aliphatic heterocycles. The fraction of sp³-hybridized carbons (Fsp3) is 0.500. The maximum Gasteiger partial charge on any atom is 0.161 e. The van der Waals surface area contributed by atoms with E-state index in [4.69, 9.17) is 15.2 Å². The Kier molecular flexibility index (Phi) is 3.31. The minimum atomic E-state index is -0.652. The first-order valence-electron chi connectivity index (χ1n) is 5.55. The summed E-state index contributed by atoms with van der Waals surface area (Å²) >= 11 is 0. The highest BCUT2D eigenvalue weighted by Crippen LogP contribution is 2.33. The highest BCUT2D eigenvalue weighted by atomic mass is 16.6. The second-order valence-corrected chi connectivity index (χ2v) is 3.92. The van der Waals surface area contributed by atoms with Crippen molar-refractivity contribution in [3.8, 4) is 11.5 Å². The van der Waals surface area contributed by atoms with Crippen LogP contribution in [0.3, 0.4) is 0 Å². The topological polar surface area (TPSA) is 64.7 Å². The van der Waals surface area contributed by atoms with Gasteiger partial charge >= 0.3 is 0 Å². The van der Waals surface area contributed by atoms with Crippen LogP contribution in [0.4, 0.5) is 0 Å². The second-order valence-electron chi connectivity index (χ2n) is 3.92. The Morgan fingerprint density at radius 1 is 1.31 bits per heavy atom. The van der Waals surface area contributed by atoms with E-state index < -0.39 is 6.10 Å². The van der Waals surface area contributed by atoms with Gasteiger partial charge in [0.1, 0.15) is 13.2 Å². The zero-order chi connectivity index (χ0) is 11.5. The molecule has 1 aromatic carbocycles. The number of benzene rings is 1. The third-order valence-electron chi connectivity index (χ3n) is 2.78. The Hall–Kier alpha value is -1.26. The summed E-state index contributed by atoms with van der Waals surface area (Å²) < 4.78 is 10.9. The minimum absolute atomic E-state index is 0.248. The molecular weight excluding hydrogens is 206 g/mol. The predicted molar refractivity (Wildman–Crippen MR) is 60.7 cm³/mol. The lowest BCUT2D eigenvalue weighted by Crippen LogP contribution is -2.27. The Balaban J connectivity index is 2.22. The van der Waals surface area contributed by atoms with Crippen LogP contribution in [-0.2, 0) is 0 Å². The molecule has 16 heavy (non-hydrogen) atoms. The van der Waals surface area contributed by atoms with Gasteiger partial charge in [-0.1, -0.05) is 13.0 Å². The number of hydrogen-bond donors (Lipinski definition) is 2. The summed E-state index contributed by atoms with van der Waals surface area (Å²) in [5.41, 5.74) is 6.58. The average molecular weight is 223 g/mol. The highest BCUT2D eigenvalue weighted by molar-refractivity contribution is 5.44. The van der Waals surface area contributed by atoms with Crippen LogP contribution in [0, 0.1) is 0 Å². The lowest BCUT2D eigenvalue weighted by atomic mass is 10.0. The van der Waals surface area contributed by atoms with Gasteiger partial charge in [0.05, 0.1) is 6.10 Å². The quantitative estimate of drug-likeness (QED) is 0.809.